The highest BCUT2D eigenvalue weighted by Crippen LogP contribution is 2.26. The summed E-state index contributed by atoms with van der Waals surface area (Å²) in [4.78, 5) is 0. The van der Waals surface area contributed by atoms with E-state index in [1.165, 1.54) is 13.8 Å². The molecule has 0 spiro atoms. The van der Waals surface area contributed by atoms with E-state index in [1.54, 1.807) is 6.08 Å². The van der Waals surface area contributed by atoms with E-state index < -0.39 is 5.92 Å². The second-order valence-corrected chi connectivity index (χ2v) is 2.35. The van der Waals surface area contributed by atoms with Crippen molar-refractivity contribution in [3.63, 3.8) is 0 Å². The Balaban J connectivity index is 4.17. The van der Waals surface area contributed by atoms with Gasteiger partial charge in [0.1, 0.15) is 0 Å². The van der Waals surface area contributed by atoms with Gasteiger partial charge in [-0.15, -0.1) is 0 Å². The van der Waals surface area contributed by atoms with Crippen LogP contribution in [0.15, 0.2) is 11.6 Å². The Bertz CT molecular complexity index is 125. The van der Waals surface area contributed by atoms with E-state index in [2.05, 4.69) is 0 Å². The summed E-state index contributed by atoms with van der Waals surface area (Å²) in [5, 5.41) is 0. The van der Waals surface area contributed by atoms with Gasteiger partial charge < -0.3 is 0 Å². The van der Waals surface area contributed by atoms with Crippen LogP contribution in [0.25, 0.3) is 0 Å². The number of hydrogen-bond donors (Lipinski definition) is 0. The van der Waals surface area contributed by atoms with Crippen LogP contribution in [0.1, 0.15) is 33.6 Å². The predicted octanol–water partition coefficient (Wildman–Crippen LogP) is 3.39. The molecule has 0 aliphatic carbocycles. The van der Waals surface area contributed by atoms with Crippen molar-refractivity contribution in [1.82, 2.24) is 0 Å². The van der Waals surface area contributed by atoms with Crippen LogP contribution in [0, 0.1) is 0 Å². The molecular formula is C8H14F2. The van der Waals surface area contributed by atoms with Crippen molar-refractivity contribution >= 4 is 0 Å². The van der Waals surface area contributed by atoms with Crippen LogP contribution in [0.2, 0.25) is 0 Å². The Kier molecular flexibility index (Phi) is 3.54. The van der Waals surface area contributed by atoms with E-state index in [9.17, 15) is 8.78 Å². The van der Waals surface area contributed by atoms with E-state index in [0.29, 0.717) is 6.42 Å². The zero-order chi connectivity index (χ0) is 8.20. The minimum absolute atomic E-state index is 0.102. The normalized spacial score (nSPS) is 13.9. The lowest BCUT2D eigenvalue weighted by atomic mass is 10.1. The predicted molar refractivity (Wildman–Crippen MR) is 39.3 cm³/mol. The number of halogens is 2. The van der Waals surface area contributed by atoms with Gasteiger partial charge in [-0.1, -0.05) is 19.9 Å². The molecular weight excluding hydrogens is 134 g/mol. The Labute approximate surface area is 60.9 Å². The molecule has 0 fully saturated rings. The third-order valence-corrected chi connectivity index (χ3v) is 1.53. The van der Waals surface area contributed by atoms with Gasteiger partial charge in [-0.2, -0.15) is 0 Å². The van der Waals surface area contributed by atoms with Gasteiger partial charge in [0.25, 0.3) is 5.92 Å². The lowest BCUT2D eigenvalue weighted by molar-refractivity contribution is 0.0373. The molecule has 0 unspecified atom stereocenters. The van der Waals surface area contributed by atoms with Gasteiger partial charge in [0.05, 0.1) is 0 Å². The molecule has 0 rings (SSSR count). The summed E-state index contributed by atoms with van der Waals surface area (Å²) in [5.41, 5.74) is 0.192. The topological polar surface area (TPSA) is 0 Å². The standard InChI is InChI=1S/C8H14F2/c1-4-6-7(3)8(9,10)5-2/h6H,4-5H2,1-3H3. The molecule has 0 N–H and O–H groups in total. The van der Waals surface area contributed by atoms with Crippen LogP contribution in [0.3, 0.4) is 0 Å². The fourth-order valence-electron chi connectivity index (χ4n) is 0.734. The van der Waals surface area contributed by atoms with E-state index in [-0.39, 0.29) is 12.0 Å². The van der Waals surface area contributed by atoms with Crippen molar-refractivity contribution in [3.05, 3.63) is 11.6 Å². The Morgan fingerprint density at radius 2 is 1.90 bits per heavy atom. The van der Waals surface area contributed by atoms with Crippen molar-refractivity contribution in [2.24, 2.45) is 0 Å². The molecule has 0 aromatic heterocycles. The smallest absolute Gasteiger partial charge is 0.202 e. The van der Waals surface area contributed by atoms with Crippen LogP contribution in [0.5, 0.6) is 0 Å². The molecule has 0 nitrogen and oxygen atoms in total. The quantitative estimate of drug-likeness (QED) is 0.538. The lowest BCUT2D eigenvalue weighted by Gasteiger charge is -2.13. The molecule has 10 heavy (non-hydrogen) atoms. The molecule has 0 atom stereocenters. The Morgan fingerprint density at radius 1 is 1.40 bits per heavy atom. The molecule has 0 aliphatic rings. The molecule has 0 bridgehead atoms. The molecule has 0 radical (unpaired) electrons. The number of rotatable bonds is 3. The minimum atomic E-state index is -2.59. The maximum atomic E-state index is 12.7. The second-order valence-electron chi connectivity index (χ2n) is 2.35. The van der Waals surface area contributed by atoms with Crippen LogP contribution in [-0.4, -0.2) is 5.92 Å². The number of allylic oxidation sites excluding steroid dienone is 2. The van der Waals surface area contributed by atoms with Gasteiger partial charge in [0.2, 0.25) is 0 Å². The highest BCUT2D eigenvalue weighted by Gasteiger charge is 2.27. The van der Waals surface area contributed by atoms with Crippen molar-refractivity contribution in [2.75, 3.05) is 0 Å². The molecule has 60 valence electrons. The molecule has 0 aromatic rings. The van der Waals surface area contributed by atoms with Crippen molar-refractivity contribution in [3.8, 4) is 0 Å². The first-order valence-corrected chi connectivity index (χ1v) is 3.59. The Hall–Kier alpha value is -0.400. The molecule has 0 heterocycles. The maximum Gasteiger partial charge on any atom is 0.268 e. The largest absolute Gasteiger partial charge is 0.268 e. The summed E-state index contributed by atoms with van der Waals surface area (Å²) in [6.45, 7) is 4.83. The molecule has 0 saturated carbocycles. The second kappa shape index (κ2) is 3.69. The van der Waals surface area contributed by atoms with Crippen LogP contribution < -0.4 is 0 Å². The average Bonchev–Trinajstić information content (AvgIpc) is 1.89. The van der Waals surface area contributed by atoms with Crippen LogP contribution in [0.4, 0.5) is 8.78 Å². The molecule has 0 saturated heterocycles. The highest BCUT2D eigenvalue weighted by molar-refractivity contribution is 5.08. The monoisotopic (exact) mass is 148 g/mol. The lowest BCUT2D eigenvalue weighted by Crippen LogP contribution is -2.15. The van der Waals surface area contributed by atoms with E-state index in [0.717, 1.165) is 0 Å². The molecule has 2 heteroatoms. The van der Waals surface area contributed by atoms with E-state index in [4.69, 9.17) is 0 Å². The zero-order valence-corrected chi connectivity index (χ0v) is 6.75. The first-order valence-electron chi connectivity index (χ1n) is 3.59. The molecule has 0 amide bonds. The summed E-state index contributed by atoms with van der Waals surface area (Å²) in [6.07, 6.45) is 2.15. The van der Waals surface area contributed by atoms with Crippen LogP contribution in [-0.2, 0) is 0 Å². The van der Waals surface area contributed by atoms with Crippen LogP contribution >= 0.6 is 0 Å². The summed E-state index contributed by atoms with van der Waals surface area (Å²) >= 11 is 0. The van der Waals surface area contributed by atoms with Crippen molar-refractivity contribution < 1.29 is 8.78 Å². The number of alkyl halides is 2. The molecule has 0 aromatic carbocycles. The first-order chi connectivity index (χ1) is 4.54. The highest BCUT2D eigenvalue weighted by atomic mass is 19.3. The van der Waals surface area contributed by atoms with Crippen molar-refractivity contribution in [1.29, 1.82) is 0 Å². The minimum Gasteiger partial charge on any atom is -0.202 e. The average molecular weight is 148 g/mol. The van der Waals surface area contributed by atoms with E-state index in [1.807, 2.05) is 6.92 Å². The summed E-state index contributed by atoms with van der Waals surface area (Å²) in [6, 6.07) is 0. The first kappa shape index (κ1) is 9.60. The van der Waals surface area contributed by atoms with Gasteiger partial charge in [-0.05, 0) is 18.9 Å². The fraction of sp³-hybridized carbons (Fsp3) is 0.750. The van der Waals surface area contributed by atoms with Gasteiger partial charge in [0, 0.05) is 6.42 Å². The summed E-state index contributed by atoms with van der Waals surface area (Å²) in [7, 11) is 0. The summed E-state index contributed by atoms with van der Waals surface area (Å²) in [5.74, 6) is -2.59. The van der Waals surface area contributed by atoms with Gasteiger partial charge >= 0.3 is 0 Å². The van der Waals surface area contributed by atoms with Gasteiger partial charge in [0.15, 0.2) is 0 Å². The van der Waals surface area contributed by atoms with Gasteiger partial charge in [-0.25, -0.2) is 8.78 Å². The fourth-order valence-corrected chi connectivity index (χ4v) is 0.734. The van der Waals surface area contributed by atoms with E-state index >= 15 is 0 Å². The Morgan fingerprint density at radius 3 is 2.20 bits per heavy atom. The van der Waals surface area contributed by atoms with Gasteiger partial charge in [-0.3, -0.25) is 0 Å². The third kappa shape index (κ3) is 2.46. The third-order valence-electron chi connectivity index (χ3n) is 1.53. The maximum absolute atomic E-state index is 12.7. The zero-order valence-electron chi connectivity index (χ0n) is 6.75. The summed E-state index contributed by atoms with van der Waals surface area (Å²) < 4.78 is 25.3. The SMILES string of the molecule is CCC=C(C)C(F)(F)CC. The molecule has 0 aliphatic heterocycles. The number of hydrogen-bond acceptors (Lipinski definition) is 0. The van der Waals surface area contributed by atoms with Crippen molar-refractivity contribution in [2.45, 2.75) is 39.5 Å².